The zero-order valence-corrected chi connectivity index (χ0v) is 23.2. The molecule has 0 heterocycles. The molecule has 0 amide bonds. The van der Waals surface area contributed by atoms with Crippen molar-refractivity contribution in [3.63, 3.8) is 0 Å². The van der Waals surface area contributed by atoms with Crippen LogP contribution in [0.5, 0.6) is 11.5 Å². The van der Waals surface area contributed by atoms with Crippen molar-refractivity contribution < 1.29 is 19.4 Å². The Morgan fingerprint density at radius 1 is 0.872 bits per heavy atom. The highest BCUT2D eigenvalue weighted by atomic mass is 16.5. The number of hydrogen-bond donors (Lipinski definition) is 2. The molecule has 0 radical (unpaired) electrons. The number of esters is 1. The molecule has 3 aromatic rings. The molecule has 1 fully saturated rings. The van der Waals surface area contributed by atoms with Crippen molar-refractivity contribution in [1.82, 2.24) is 5.32 Å². The molecule has 1 unspecified atom stereocenters. The van der Waals surface area contributed by atoms with Crippen molar-refractivity contribution >= 4 is 17.1 Å². The zero-order valence-electron chi connectivity index (χ0n) is 23.2. The number of hydrogen-bond acceptors (Lipinski definition) is 5. The van der Waals surface area contributed by atoms with Crippen molar-refractivity contribution in [2.24, 2.45) is 5.92 Å². The number of aliphatic hydroxyl groups excluding tert-OH is 1. The lowest BCUT2D eigenvalue weighted by molar-refractivity contribution is -0.131. The summed E-state index contributed by atoms with van der Waals surface area (Å²) in [5.41, 5.74) is 5.63. The van der Waals surface area contributed by atoms with Gasteiger partial charge in [0.1, 0.15) is 24.2 Å². The molecule has 0 bridgehead atoms. The first-order valence-corrected chi connectivity index (χ1v) is 14.2. The number of carbonyl (C=O) groups is 1. The normalized spacial score (nSPS) is 15.4. The minimum atomic E-state index is -0.552. The first-order valence-electron chi connectivity index (χ1n) is 14.2. The van der Waals surface area contributed by atoms with Gasteiger partial charge in [0.15, 0.2) is 0 Å². The first kappa shape index (κ1) is 28.6. The molecule has 0 aliphatic heterocycles. The fourth-order valence-corrected chi connectivity index (χ4v) is 5.35. The average Bonchev–Trinajstić information content (AvgIpc) is 2.96. The minimum Gasteiger partial charge on any atom is -0.491 e. The molecule has 4 rings (SSSR count). The summed E-state index contributed by atoms with van der Waals surface area (Å²) in [5, 5.41) is 13.8. The summed E-state index contributed by atoms with van der Waals surface area (Å²) in [6.07, 6.45) is 6.90. The highest BCUT2D eigenvalue weighted by molar-refractivity contribution is 5.98. The van der Waals surface area contributed by atoms with E-state index in [1.807, 2.05) is 42.5 Å². The number of ether oxygens (including phenoxy) is 2. The number of nitrogens with one attached hydrogen (secondary N) is 1. The van der Waals surface area contributed by atoms with E-state index in [0.29, 0.717) is 12.3 Å². The summed E-state index contributed by atoms with van der Waals surface area (Å²) in [6.45, 7) is 5.34. The number of allylic oxidation sites excluding steroid dienone is 1. The second-order valence-corrected chi connectivity index (χ2v) is 10.3. The molecule has 39 heavy (non-hydrogen) atoms. The van der Waals surface area contributed by atoms with Crippen molar-refractivity contribution in [2.75, 3.05) is 19.7 Å². The van der Waals surface area contributed by atoms with E-state index in [1.165, 1.54) is 50.2 Å². The minimum absolute atomic E-state index is 0.252. The largest absolute Gasteiger partial charge is 0.491 e. The third-order valence-corrected chi connectivity index (χ3v) is 7.31. The zero-order chi connectivity index (χ0) is 27.5. The molecule has 1 saturated carbocycles. The molecule has 5 nitrogen and oxygen atoms in total. The average molecular weight is 528 g/mol. The number of benzene rings is 3. The van der Waals surface area contributed by atoms with Crippen LogP contribution in [0.25, 0.3) is 11.1 Å². The highest BCUT2D eigenvalue weighted by Gasteiger charge is 2.15. The Morgan fingerprint density at radius 3 is 2.08 bits per heavy atom. The van der Waals surface area contributed by atoms with E-state index >= 15 is 0 Å². The van der Waals surface area contributed by atoms with Crippen LogP contribution in [0.2, 0.25) is 0 Å². The van der Waals surface area contributed by atoms with Crippen LogP contribution in [0.15, 0.2) is 78.9 Å². The smallest absolute Gasteiger partial charge is 0.308 e. The Morgan fingerprint density at radius 2 is 1.49 bits per heavy atom. The molecule has 0 saturated heterocycles. The summed E-state index contributed by atoms with van der Waals surface area (Å²) < 4.78 is 11.2. The Labute approximate surface area is 232 Å². The van der Waals surface area contributed by atoms with Gasteiger partial charge in [-0.3, -0.25) is 4.79 Å². The van der Waals surface area contributed by atoms with Crippen LogP contribution in [-0.2, 0) is 4.79 Å². The topological polar surface area (TPSA) is 67.8 Å². The van der Waals surface area contributed by atoms with Crippen LogP contribution in [0.1, 0.15) is 69.1 Å². The molecule has 206 valence electrons. The molecule has 0 spiro atoms. The van der Waals surface area contributed by atoms with E-state index in [2.05, 4.69) is 48.6 Å². The SMILES string of the molecule is CCC(=C(c1ccc(OCC(O)CNCC2CCCCC2)cc1)c1ccc(OC(C)=O)cc1)c1ccccc1. The summed E-state index contributed by atoms with van der Waals surface area (Å²) in [6, 6.07) is 26.1. The fraction of sp³-hybridized carbons (Fsp3) is 0.382. The van der Waals surface area contributed by atoms with Gasteiger partial charge in [-0.15, -0.1) is 0 Å². The molecule has 1 atom stereocenters. The Balaban J connectivity index is 1.47. The van der Waals surface area contributed by atoms with Gasteiger partial charge in [0.25, 0.3) is 0 Å². The second-order valence-electron chi connectivity index (χ2n) is 10.3. The van der Waals surface area contributed by atoms with Crippen LogP contribution in [0.3, 0.4) is 0 Å². The standard InChI is InChI=1S/C34H41NO4/c1-3-33(27-12-8-5-9-13-27)34(29-16-20-32(21-17-29)39-25(2)36)28-14-18-31(19-15-28)38-24-30(37)23-35-22-26-10-6-4-7-11-26/h5,8-9,12-21,26,30,35,37H,3-4,6-7,10-11,22-24H2,1-2H3. The highest BCUT2D eigenvalue weighted by Crippen LogP contribution is 2.35. The quantitative estimate of drug-likeness (QED) is 0.152. The van der Waals surface area contributed by atoms with Crippen LogP contribution in [0.4, 0.5) is 0 Å². The summed E-state index contributed by atoms with van der Waals surface area (Å²) in [4.78, 5) is 11.4. The Kier molecular flexibility index (Phi) is 10.8. The third-order valence-electron chi connectivity index (χ3n) is 7.31. The van der Waals surface area contributed by atoms with Crippen molar-refractivity contribution in [3.8, 4) is 11.5 Å². The van der Waals surface area contributed by atoms with Crippen molar-refractivity contribution in [3.05, 3.63) is 95.6 Å². The number of carbonyl (C=O) groups excluding carboxylic acids is 1. The maximum atomic E-state index is 11.4. The molecule has 2 N–H and O–H groups in total. The van der Waals surface area contributed by atoms with Crippen molar-refractivity contribution in [1.29, 1.82) is 0 Å². The molecular weight excluding hydrogens is 486 g/mol. The van der Waals surface area contributed by atoms with Gasteiger partial charge in [0.05, 0.1) is 0 Å². The maximum Gasteiger partial charge on any atom is 0.308 e. The molecule has 1 aliphatic carbocycles. The number of aliphatic hydroxyl groups is 1. The van der Waals surface area contributed by atoms with Gasteiger partial charge >= 0.3 is 5.97 Å². The lowest BCUT2D eigenvalue weighted by Gasteiger charge is -2.22. The van der Waals surface area contributed by atoms with E-state index in [9.17, 15) is 9.90 Å². The lowest BCUT2D eigenvalue weighted by Crippen LogP contribution is -2.34. The van der Waals surface area contributed by atoms with Crippen LogP contribution >= 0.6 is 0 Å². The molecular formula is C34H41NO4. The van der Waals surface area contributed by atoms with Gasteiger partial charge in [-0.25, -0.2) is 0 Å². The maximum absolute atomic E-state index is 11.4. The van der Waals surface area contributed by atoms with E-state index < -0.39 is 6.10 Å². The Hall–Kier alpha value is -3.41. The van der Waals surface area contributed by atoms with Gasteiger partial charge in [0.2, 0.25) is 0 Å². The lowest BCUT2D eigenvalue weighted by atomic mass is 9.88. The fourth-order valence-electron chi connectivity index (χ4n) is 5.35. The summed E-state index contributed by atoms with van der Waals surface area (Å²) in [5.74, 6) is 1.66. The van der Waals surface area contributed by atoms with Gasteiger partial charge in [0, 0.05) is 13.5 Å². The van der Waals surface area contributed by atoms with Gasteiger partial charge < -0.3 is 19.9 Å². The van der Waals surface area contributed by atoms with Crippen LogP contribution in [-0.4, -0.2) is 36.9 Å². The second kappa shape index (κ2) is 14.7. The van der Waals surface area contributed by atoms with E-state index in [4.69, 9.17) is 9.47 Å². The third kappa shape index (κ3) is 8.54. The Bertz CT molecular complexity index is 1200. The monoisotopic (exact) mass is 527 g/mol. The molecule has 3 aromatic carbocycles. The van der Waals surface area contributed by atoms with Crippen molar-refractivity contribution in [2.45, 2.75) is 58.5 Å². The molecule has 5 heteroatoms. The molecule has 0 aromatic heterocycles. The van der Waals surface area contributed by atoms with E-state index in [-0.39, 0.29) is 12.6 Å². The van der Waals surface area contributed by atoms with Crippen LogP contribution in [0, 0.1) is 5.92 Å². The van der Waals surface area contributed by atoms with Gasteiger partial charge in [-0.2, -0.15) is 0 Å². The van der Waals surface area contributed by atoms with Gasteiger partial charge in [-0.1, -0.05) is 80.8 Å². The summed E-state index contributed by atoms with van der Waals surface area (Å²) >= 11 is 0. The predicted octanol–water partition coefficient (Wildman–Crippen LogP) is 6.89. The summed E-state index contributed by atoms with van der Waals surface area (Å²) in [7, 11) is 0. The van der Waals surface area contributed by atoms with E-state index in [0.717, 1.165) is 41.3 Å². The van der Waals surface area contributed by atoms with Crippen LogP contribution < -0.4 is 14.8 Å². The number of rotatable bonds is 12. The first-order chi connectivity index (χ1) is 19.0. The van der Waals surface area contributed by atoms with E-state index in [1.54, 1.807) is 0 Å². The predicted molar refractivity (Wildman–Crippen MR) is 158 cm³/mol. The van der Waals surface area contributed by atoms with Gasteiger partial charge in [-0.05, 0) is 83.8 Å². The molecule has 1 aliphatic rings.